The molecule has 0 saturated carbocycles. The highest BCUT2D eigenvalue weighted by molar-refractivity contribution is 5.56. The number of aromatic nitrogens is 3. The number of rotatable bonds is 4. The molecule has 1 aliphatic heterocycles. The van der Waals surface area contributed by atoms with E-state index in [0.717, 1.165) is 11.6 Å². The number of halogens is 4. The number of ether oxygens (including phenoxy) is 1. The Kier molecular flexibility index (Phi) is 7.38. The van der Waals surface area contributed by atoms with Crippen molar-refractivity contribution in [1.29, 1.82) is 0 Å². The van der Waals surface area contributed by atoms with Gasteiger partial charge in [0.05, 0.1) is 30.2 Å². The highest BCUT2D eigenvalue weighted by Gasteiger charge is 2.33. The van der Waals surface area contributed by atoms with Gasteiger partial charge in [-0.05, 0) is 42.7 Å². The maximum absolute atomic E-state index is 13.8. The summed E-state index contributed by atoms with van der Waals surface area (Å²) < 4.78 is 60.7. The van der Waals surface area contributed by atoms with Crippen LogP contribution >= 0.6 is 0 Å². The molecule has 1 aliphatic rings. The van der Waals surface area contributed by atoms with Gasteiger partial charge in [0.1, 0.15) is 12.5 Å². The van der Waals surface area contributed by atoms with Crippen LogP contribution in [0.4, 0.5) is 23.4 Å². The molecule has 174 valence electrons. The topological polar surface area (TPSA) is 42.7 Å². The summed E-state index contributed by atoms with van der Waals surface area (Å²) in [6.45, 7) is 9.05. The van der Waals surface area contributed by atoms with Crippen LogP contribution in [-0.2, 0) is 24.0 Å². The molecule has 0 atom stereocenters. The second-order valence-corrected chi connectivity index (χ2v) is 7.42. The third-order valence-corrected chi connectivity index (χ3v) is 5.50. The molecule has 32 heavy (non-hydrogen) atoms. The first-order valence-corrected chi connectivity index (χ1v) is 10.7. The van der Waals surface area contributed by atoms with Gasteiger partial charge in [-0.2, -0.15) is 13.2 Å². The van der Waals surface area contributed by atoms with E-state index in [4.69, 9.17) is 4.74 Å². The maximum atomic E-state index is 13.8. The molecule has 1 aromatic carbocycles. The Morgan fingerprint density at radius 1 is 1.09 bits per heavy atom. The van der Waals surface area contributed by atoms with Crippen LogP contribution in [0.3, 0.4) is 0 Å². The van der Waals surface area contributed by atoms with Crippen molar-refractivity contribution in [2.75, 3.05) is 31.2 Å². The average Bonchev–Trinajstić information content (AvgIpc) is 3.14. The van der Waals surface area contributed by atoms with Gasteiger partial charge < -0.3 is 9.64 Å². The molecule has 2 aromatic heterocycles. The fraction of sp³-hybridized carbons (Fsp3) is 0.478. The van der Waals surface area contributed by atoms with E-state index >= 15 is 0 Å². The molecule has 5 nitrogen and oxygen atoms in total. The van der Waals surface area contributed by atoms with Crippen molar-refractivity contribution < 1.29 is 22.3 Å². The van der Waals surface area contributed by atoms with Crippen molar-refractivity contribution in [3.63, 3.8) is 0 Å². The van der Waals surface area contributed by atoms with Crippen molar-refractivity contribution in [2.24, 2.45) is 0 Å². The molecular weight excluding hydrogens is 424 g/mol. The van der Waals surface area contributed by atoms with Crippen molar-refractivity contribution in [3.8, 4) is 0 Å². The van der Waals surface area contributed by atoms with E-state index in [1.807, 2.05) is 26.8 Å². The fourth-order valence-electron chi connectivity index (χ4n) is 3.84. The Bertz CT molecular complexity index is 1070. The number of imidazole rings is 1. The summed E-state index contributed by atoms with van der Waals surface area (Å²) in [6, 6.07) is 5.96. The van der Waals surface area contributed by atoms with Crippen molar-refractivity contribution in [2.45, 2.75) is 47.0 Å². The normalized spacial score (nSPS) is 14.4. The van der Waals surface area contributed by atoms with E-state index in [2.05, 4.69) is 15.0 Å². The van der Waals surface area contributed by atoms with Crippen LogP contribution in [0.1, 0.15) is 47.5 Å². The number of fused-ring (bicyclic) bond motifs is 1. The Labute approximate surface area is 185 Å². The lowest BCUT2D eigenvalue weighted by atomic mass is 9.98. The summed E-state index contributed by atoms with van der Waals surface area (Å²) in [4.78, 5) is 6.45. The molecule has 0 aliphatic carbocycles. The van der Waals surface area contributed by atoms with Crippen LogP contribution in [0.2, 0.25) is 0 Å². The smallest absolute Gasteiger partial charge is 0.378 e. The Morgan fingerprint density at radius 2 is 1.78 bits per heavy atom. The van der Waals surface area contributed by atoms with Gasteiger partial charge in [-0.3, -0.25) is 0 Å². The molecule has 0 N–H and O–H groups in total. The second kappa shape index (κ2) is 9.85. The molecule has 0 bridgehead atoms. The number of aryl methyl sites for hydroxylation is 1. The summed E-state index contributed by atoms with van der Waals surface area (Å²) in [5, 5.41) is 4.66. The third-order valence-electron chi connectivity index (χ3n) is 5.50. The predicted molar refractivity (Wildman–Crippen MR) is 116 cm³/mol. The van der Waals surface area contributed by atoms with Crippen LogP contribution in [0, 0.1) is 13.8 Å². The number of hydrogen-bond donors (Lipinski definition) is 0. The Hall–Kier alpha value is -2.68. The quantitative estimate of drug-likeness (QED) is 0.505. The lowest BCUT2D eigenvalue weighted by Crippen LogP contribution is -2.37. The molecule has 0 amide bonds. The number of benzene rings is 1. The Balaban J connectivity index is 0.00000141. The van der Waals surface area contributed by atoms with Crippen molar-refractivity contribution in [3.05, 3.63) is 57.9 Å². The van der Waals surface area contributed by atoms with Crippen LogP contribution in [0.25, 0.3) is 5.65 Å². The monoisotopic (exact) mass is 452 g/mol. The third kappa shape index (κ3) is 4.72. The number of anilines is 1. The molecule has 4 rings (SSSR count). The second-order valence-electron chi connectivity index (χ2n) is 7.42. The lowest BCUT2D eigenvalue weighted by molar-refractivity contribution is -0.138. The maximum Gasteiger partial charge on any atom is 0.416 e. The molecule has 1 saturated heterocycles. The van der Waals surface area contributed by atoms with Crippen LogP contribution < -0.4 is 4.90 Å². The van der Waals surface area contributed by atoms with Gasteiger partial charge in [-0.25, -0.2) is 13.9 Å². The first-order chi connectivity index (χ1) is 15.3. The summed E-state index contributed by atoms with van der Waals surface area (Å²) in [6.07, 6.45) is -4.34. The Morgan fingerprint density at radius 3 is 2.41 bits per heavy atom. The minimum atomic E-state index is -4.44. The lowest BCUT2D eigenvalue weighted by Gasteiger charge is -2.28. The van der Waals surface area contributed by atoms with E-state index in [9.17, 15) is 17.6 Å². The van der Waals surface area contributed by atoms with E-state index in [1.165, 1.54) is 13.0 Å². The molecule has 3 heterocycles. The highest BCUT2D eigenvalue weighted by Crippen LogP contribution is 2.34. The van der Waals surface area contributed by atoms with Gasteiger partial charge in [-0.15, -0.1) is 5.10 Å². The molecule has 0 radical (unpaired) electrons. The first kappa shape index (κ1) is 24.0. The SMILES string of the molecule is CC.Cc1c(Cc2c(CF)nc3c(C)cc(N4CCOCC4)nn23)cccc1C(F)(F)F. The molecular formula is C23H28F4N4O. The van der Waals surface area contributed by atoms with Gasteiger partial charge in [-0.1, -0.05) is 26.0 Å². The van der Waals surface area contributed by atoms with Gasteiger partial charge in [0.15, 0.2) is 5.65 Å². The average molecular weight is 452 g/mol. The minimum absolute atomic E-state index is 0.106. The summed E-state index contributed by atoms with van der Waals surface area (Å²) in [5.74, 6) is 0.716. The van der Waals surface area contributed by atoms with Crippen molar-refractivity contribution in [1.82, 2.24) is 14.6 Å². The summed E-state index contributed by atoms with van der Waals surface area (Å²) >= 11 is 0. The van der Waals surface area contributed by atoms with Gasteiger partial charge >= 0.3 is 6.18 Å². The predicted octanol–water partition coefficient (Wildman–Crippen LogP) is 5.29. The molecule has 1 fully saturated rings. The standard InChI is InChI=1S/C21H22F4N4O.C2H6/c1-13-10-19(28-6-8-30-9-7-28)27-29-18(17(12-22)26-20(13)29)11-15-4-3-5-16(14(15)2)21(23,24)25;1-2/h3-5,10H,6-9,11-12H2,1-2H3;1-2H3. The van der Waals surface area contributed by atoms with Crippen molar-refractivity contribution >= 4 is 11.5 Å². The number of hydrogen-bond acceptors (Lipinski definition) is 4. The van der Waals surface area contributed by atoms with Gasteiger partial charge in [0, 0.05) is 19.5 Å². The van der Waals surface area contributed by atoms with E-state index < -0.39 is 18.4 Å². The molecule has 0 unspecified atom stereocenters. The van der Waals surface area contributed by atoms with E-state index in [0.29, 0.717) is 49.0 Å². The zero-order valence-corrected chi connectivity index (χ0v) is 18.8. The minimum Gasteiger partial charge on any atom is -0.378 e. The van der Waals surface area contributed by atoms with Gasteiger partial charge in [0.2, 0.25) is 0 Å². The fourth-order valence-corrected chi connectivity index (χ4v) is 3.84. The summed E-state index contributed by atoms with van der Waals surface area (Å²) in [5.41, 5.74) is 1.92. The zero-order chi connectivity index (χ0) is 23.5. The molecule has 9 heteroatoms. The molecule has 0 spiro atoms. The summed E-state index contributed by atoms with van der Waals surface area (Å²) in [7, 11) is 0. The van der Waals surface area contributed by atoms with Crippen LogP contribution in [-0.4, -0.2) is 40.9 Å². The number of alkyl halides is 4. The van der Waals surface area contributed by atoms with Gasteiger partial charge in [0.25, 0.3) is 0 Å². The van der Waals surface area contributed by atoms with E-state index in [1.54, 1.807) is 10.6 Å². The van der Waals surface area contributed by atoms with E-state index in [-0.39, 0.29) is 17.7 Å². The molecule has 3 aromatic rings. The van der Waals surface area contributed by atoms with Crippen LogP contribution in [0.5, 0.6) is 0 Å². The largest absolute Gasteiger partial charge is 0.416 e. The first-order valence-electron chi connectivity index (χ1n) is 10.7. The number of morpholine rings is 1. The number of nitrogens with zero attached hydrogens (tertiary/aromatic N) is 4. The zero-order valence-electron chi connectivity index (χ0n) is 18.8. The highest BCUT2D eigenvalue weighted by atomic mass is 19.4. The van der Waals surface area contributed by atoms with Crippen LogP contribution in [0.15, 0.2) is 24.3 Å².